The molecule has 1 nitrogen and oxygen atoms in total. The topological polar surface area (TPSA) is 9.23 Å². The first-order valence-electron chi connectivity index (χ1n) is 8.14. The van der Waals surface area contributed by atoms with Gasteiger partial charge in [0.15, 0.2) is 0 Å². The summed E-state index contributed by atoms with van der Waals surface area (Å²) in [6.45, 7) is 0.919. The van der Waals surface area contributed by atoms with E-state index in [4.69, 9.17) is 4.74 Å². The van der Waals surface area contributed by atoms with Crippen LogP contribution in [-0.4, -0.2) is 6.61 Å². The zero-order chi connectivity index (χ0) is 12.9. The van der Waals surface area contributed by atoms with E-state index in [0.29, 0.717) is 0 Å². The summed E-state index contributed by atoms with van der Waals surface area (Å²) in [5.74, 6) is 2.67. The van der Waals surface area contributed by atoms with E-state index in [0.717, 1.165) is 24.2 Å². The highest BCUT2D eigenvalue weighted by Crippen LogP contribution is 2.33. The van der Waals surface area contributed by atoms with Gasteiger partial charge in [0.1, 0.15) is 5.75 Å². The van der Waals surface area contributed by atoms with Crippen molar-refractivity contribution >= 4 is 0 Å². The van der Waals surface area contributed by atoms with Crippen LogP contribution < -0.4 is 4.74 Å². The minimum atomic E-state index is 0.803. The molecule has 0 aromatic heterocycles. The maximum atomic E-state index is 5.93. The second-order valence-electron chi connectivity index (χ2n) is 6.37. The number of rotatable bonds is 4. The van der Waals surface area contributed by atoms with Crippen LogP contribution in [0.3, 0.4) is 0 Å². The van der Waals surface area contributed by atoms with Crippen LogP contribution in [0.25, 0.3) is 0 Å². The molecule has 1 aromatic carbocycles. The van der Waals surface area contributed by atoms with Gasteiger partial charge in [0, 0.05) is 0 Å². The predicted molar refractivity (Wildman–Crippen MR) is 79.7 cm³/mol. The molecule has 0 spiro atoms. The monoisotopic (exact) mass is 258 g/mol. The van der Waals surface area contributed by atoms with Gasteiger partial charge in [-0.1, -0.05) is 44.2 Å². The quantitative estimate of drug-likeness (QED) is 0.711. The van der Waals surface area contributed by atoms with Gasteiger partial charge >= 0.3 is 0 Å². The number of ether oxygens (including phenoxy) is 1. The van der Waals surface area contributed by atoms with Gasteiger partial charge < -0.3 is 4.74 Å². The Hall–Kier alpha value is -0.980. The molecule has 0 aliphatic heterocycles. The summed E-state index contributed by atoms with van der Waals surface area (Å²) >= 11 is 0. The Balaban J connectivity index is 1.52. The van der Waals surface area contributed by atoms with Crippen molar-refractivity contribution < 1.29 is 4.74 Å². The SMILES string of the molecule is c1cc(C2CCCCC2)ccc1OCC1CCCC1. The van der Waals surface area contributed by atoms with Crippen LogP contribution in [-0.2, 0) is 0 Å². The fraction of sp³-hybridized carbons (Fsp3) is 0.667. The Morgan fingerprint density at radius 3 is 2.11 bits per heavy atom. The maximum absolute atomic E-state index is 5.93. The molecule has 19 heavy (non-hydrogen) atoms. The van der Waals surface area contributed by atoms with Gasteiger partial charge in [0.25, 0.3) is 0 Å². The second kappa shape index (κ2) is 6.45. The van der Waals surface area contributed by atoms with Gasteiger partial charge in [-0.3, -0.25) is 0 Å². The minimum absolute atomic E-state index is 0.803. The molecule has 2 fully saturated rings. The van der Waals surface area contributed by atoms with Gasteiger partial charge in [-0.05, 0) is 55.2 Å². The molecular weight excluding hydrogens is 232 g/mol. The standard InChI is InChI=1S/C18H26O/c1-2-8-16(9-3-1)17-10-12-18(13-11-17)19-14-15-6-4-5-7-15/h10-13,15-16H,1-9,14H2. The lowest BCUT2D eigenvalue weighted by Gasteiger charge is -2.22. The Morgan fingerprint density at radius 2 is 1.42 bits per heavy atom. The molecule has 0 radical (unpaired) electrons. The first kappa shape index (κ1) is 13.0. The molecule has 0 N–H and O–H groups in total. The molecule has 0 bridgehead atoms. The molecule has 0 unspecified atom stereocenters. The molecule has 2 saturated carbocycles. The molecule has 0 atom stereocenters. The fourth-order valence-corrected chi connectivity index (χ4v) is 3.66. The van der Waals surface area contributed by atoms with E-state index in [-0.39, 0.29) is 0 Å². The van der Waals surface area contributed by atoms with Crippen LogP contribution in [0.5, 0.6) is 5.75 Å². The zero-order valence-corrected chi connectivity index (χ0v) is 11.9. The van der Waals surface area contributed by atoms with Crippen LogP contribution in [0.4, 0.5) is 0 Å². The first-order valence-corrected chi connectivity index (χ1v) is 8.14. The third kappa shape index (κ3) is 3.52. The molecule has 3 rings (SSSR count). The van der Waals surface area contributed by atoms with Gasteiger partial charge in [0.05, 0.1) is 6.61 Å². The second-order valence-corrected chi connectivity index (χ2v) is 6.37. The zero-order valence-electron chi connectivity index (χ0n) is 11.9. The van der Waals surface area contributed by atoms with Crippen LogP contribution in [0.15, 0.2) is 24.3 Å². The summed E-state index contributed by atoms with van der Waals surface area (Å²) in [5.41, 5.74) is 1.52. The lowest BCUT2D eigenvalue weighted by Crippen LogP contribution is -2.08. The van der Waals surface area contributed by atoms with Gasteiger partial charge in [-0.15, -0.1) is 0 Å². The molecule has 2 aliphatic carbocycles. The van der Waals surface area contributed by atoms with Crippen molar-refractivity contribution in [2.45, 2.75) is 63.7 Å². The van der Waals surface area contributed by atoms with Crippen LogP contribution >= 0.6 is 0 Å². The average molecular weight is 258 g/mol. The number of benzene rings is 1. The molecule has 1 aromatic rings. The molecule has 0 amide bonds. The minimum Gasteiger partial charge on any atom is -0.493 e. The van der Waals surface area contributed by atoms with E-state index in [1.807, 2.05) is 0 Å². The molecule has 2 aliphatic rings. The van der Waals surface area contributed by atoms with E-state index >= 15 is 0 Å². The van der Waals surface area contributed by atoms with Crippen molar-refractivity contribution in [3.63, 3.8) is 0 Å². The highest BCUT2D eigenvalue weighted by atomic mass is 16.5. The smallest absolute Gasteiger partial charge is 0.119 e. The lowest BCUT2D eigenvalue weighted by molar-refractivity contribution is 0.252. The van der Waals surface area contributed by atoms with E-state index in [1.54, 1.807) is 0 Å². The van der Waals surface area contributed by atoms with Gasteiger partial charge in [-0.2, -0.15) is 0 Å². The largest absolute Gasteiger partial charge is 0.493 e. The molecule has 0 heterocycles. The molecule has 1 heteroatoms. The van der Waals surface area contributed by atoms with E-state index < -0.39 is 0 Å². The summed E-state index contributed by atoms with van der Waals surface area (Å²) in [6.07, 6.45) is 12.5. The van der Waals surface area contributed by atoms with Crippen molar-refractivity contribution in [2.75, 3.05) is 6.61 Å². The van der Waals surface area contributed by atoms with Crippen molar-refractivity contribution in [3.8, 4) is 5.75 Å². The van der Waals surface area contributed by atoms with Crippen molar-refractivity contribution in [1.82, 2.24) is 0 Å². The summed E-state index contributed by atoms with van der Waals surface area (Å²) in [4.78, 5) is 0. The van der Waals surface area contributed by atoms with Crippen molar-refractivity contribution in [1.29, 1.82) is 0 Å². The Morgan fingerprint density at radius 1 is 0.789 bits per heavy atom. The van der Waals surface area contributed by atoms with E-state index in [2.05, 4.69) is 24.3 Å². The van der Waals surface area contributed by atoms with E-state index in [1.165, 1.54) is 63.4 Å². The van der Waals surface area contributed by atoms with Crippen LogP contribution in [0.2, 0.25) is 0 Å². The van der Waals surface area contributed by atoms with Crippen LogP contribution in [0.1, 0.15) is 69.3 Å². The lowest BCUT2D eigenvalue weighted by atomic mass is 9.84. The molecule has 0 saturated heterocycles. The Kier molecular flexibility index (Phi) is 4.42. The maximum Gasteiger partial charge on any atom is 0.119 e. The van der Waals surface area contributed by atoms with Gasteiger partial charge in [0.2, 0.25) is 0 Å². The molecule has 104 valence electrons. The first-order chi connectivity index (χ1) is 9.42. The van der Waals surface area contributed by atoms with Crippen LogP contribution in [0, 0.1) is 5.92 Å². The molecular formula is C18H26O. The Labute approximate surface area is 117 Å². The normalized spacial score (nSPS) is 21.7. The highest BCUT2D eigenvalue weighted by molar-refractivity contribution is 5.29. The summed E-state index contributed by atoms with van der Waals surface area (Å²) in [5, 5.41) is 0. The summed E-state index contributed by atoms with van der Waals surface area (Å²) in [6, 6.07) is 8.94. The number of hydrogen-bond acceptors (Lipinski definition) is 1. The Bertz CT molecular complexity index is 369. The number of hydrogen-bond donors (Lipinski definition) is 0. The third-order valence-electron chi connectivity index (χ3n) is 4.92. The van der Waals surface area contributed by atoms with E-state index in [9.17, 15) is 0 Å². The predicted octanol–water partition coefficient (Wildman–Crippen LogP) is 5.30. The fourth-order valence-electron chi connectivity index (χ4n) is 3.66. The van der Waals surface area contributed by atoms with Gasteiger partial charge in [-0.25, -0.2) is 0 Å². The average Bonchev–Trinajstić information content (AvgIpc) is 3.00. The van der Waals surface area contributed by atoms with Crippen molar-refractivity contribution in [2.24, 2.45) is 5.92 Å². The highest BCUT2D eigenvalue weighted by Gasteiger charge is 2.17. The summed E-state index contributed by atoms with van der Waals surface area (Å²) < 4.78 is 5.93. The summed E-state index contributed by atoms with van der Waals surface area (Å²) in [7, 11) is 0. The third-order valence-corrected chi connectivity index (χ3v) is 4.92. The van der Waals surface area contributed by atoms with Crippen molar-refractivity contribution in [3.05, 3.63) is 29.8 Å².